The summed E-state index contributed by atoms with van der Waals surface area (Å²) in [5, 5.41) is 0. The number of hydrogen-bond acceptors (Lipinski definition) is 3. The van der Waals surface area contributed by atoms with Crippen LogP contribution in [-0.4, -0.2) is 30.4 Å². The molecule has 1 fully saturated rings. The normalized spacial score (nSPS) is 18.2. The Morgan fingerprint density at radius 3 is 2.76 bits per heavy atom. The zero-order valence-electron chi connectivity index (χ0n) is 11.5. The van der Waals surface area contributed by atoms with Crippen molar-refractivity contribution in [3.8, 4) is 0 Å². The average Bonchev–Trinajstić information content (AvgIpc) is 3.30. The lowest BCUT2D eigenvalue weighted by molar-refractivity contribution is -0.133. The molecule has 1 aliphatic carbocycles. The van der Waals surface area contributed by atoms with E-state index in [0.717, 1.165) is 31.4 Å². The van der Waals surface area contributed by atoms with Crippen LogP contribution in [0.15, 0.2) is 18.2 Å². The van der Waals surface area contributed by atoms with E-state index in [4.69, 9.17) is 0 Å². The lowest BCUT2D eigenvalue weighted by atomic mass is 9.99. The molecule has 0 bridgehead atoms. The molecule has 0 atom stereocenters. The fourth-order valence-electron chi connectivity index (χ4n) is 2.60. The molecule has 0 aromatic heterocycles. The fourth-order valence-corrected chi connectivity index (χ4v) is 3.49. The summed E-state index contributed by atoms with van der Waals surface area (Å²) in [7, 11) is -3.35. The Bertz CT molecular complexity index is 671. The Balaban J connectivity index is 1.78. The minimum Gasteiger partial charge on any atom is -0.338 e. The first kappa shape index (κ1) is 14.8. The van der Waals surface area contributed by atoms with E-state index in [2.05, 4.69) is 20.7 Å². The molecule has 21 heavy (non-hydrogen) atoms. The first-order chi connectivity index (χ1) is 9.98. The zero-order chi connectivity index (χ0) is 15.0. The highest BCUT2D eigenvalue weighted by Crippen LogP contribution is 2.33. The number of nitrogens with zero attached hydrogens (tertiary/aromatic N) is 1. The number of sulfonamides is 1. The fraction of sp³-hybridized carbons (Fsp3) is 0.500. The summed E-state index contributed by atoms with van der Waals surface area (Å²) < 4.78 is 25.6. The lowest BCUT2D eigenvalue weighted by Gasteiger charge is -2.29. The third-order valence-electron chi connectivity index (χ3n) is 3.87. The highest BCUT2D eigenvalue weighted by atomic mass is 79.9. The van der Waals surface area contributed by atoms with Gasteiger partial charge in [-0.15, -0.1) is 0 Å². The highest BCUT2D eigenvalue weighted by molar-refractivity contribution is 9.10. The van der Waals surface area contributed by atoms with Crippen LogP contribution in [0.4, 0.5) is 5.69 Å². The topological polar surface area (TPSA) is 66.5 Å². The van der Waals surface area contributed by atoms with Crippen LogP contribution in [0.3, 0.4) is 0 Å². The highest BCUT2D eigenvalue weighted by Gasteiger charge is 2.34. The molecular weight excluding hydrogens is 356 g/mol. The first-order valence-corrected chi connectivity index (χ1v) is 9.73. The molecule has 1 N–H and O–H groups in total. The number of rotatable bonds is 4. The van der Waals surface area contributed by atoms with Crippen molar-refractivity contribution in [2.75, 3.05) is 15.9 Å². The number of carbonyl (C=O) groups is 1. The minimum atomic E-state index is -3.35. The van der Waals surface area contributed by atoms with E-state index >= 15 is 0 Å². The van der Waals surface area contributed by atoms with Gasteiger partial charge in [0.15, 0.2) is 0 Å². The summed E-state index contributed by atoms with van der Waals surface area (Å²) in [5.74, 6) is 0.466. The number of nitrogens with one attached hydrogen (secondary N) is 1. The van der Waals surface area contributed by atoms with Crippen molar-refractivity contribution in [3.63, 3.8) is 0 Å². The van der Waals surface area contributed by atoms with E-state index in [1.807, 2.05) is 17.0 Å². The number of fused-ring (bicyclic) bond motifs is 1. The summed E-state index contributed by atoms with van der Waals surface area (Å²) in [6.45, 7) is 1.34. The number of benzene rings is 1. The number of halogens is 1. The Morgan fingerprint density at radius 1 is 1.33 bits per heavy atom. The molecule has 0 radical (unpaired) electrons. The maximum Gasteiger partial charge on any atom is 0.242 e. The van der Waals surface area contributed by atoms with Crippen LogP contribution in [0.1, 0.15) is 24.0 Å². The van der Waals surface area contributed by atoms with Crippen LogP contribution < -0.4 is 4.72 Å². The predicted octanol–water partition coefficient (Wildman–Crippen LogP) is 2.08. The number of amides is 1. The van der Waals surface area contributed by atoms with E-state index in [0.29, 0.717) is 12.2 Å². The van der Waals surface area contributed by atoms with Gasteiger partial charge in [-0.2, -0.15) is 0 Å². The van der Waals surface area contributed by atoms with Crippen LogP contribution in [0.2, 0.25) is 0 Å². The van der Waals surface area contributed by atoms with Gasteiger partial charge in [-0.25, -0.2) is 8.42 Å². The lowest BCUT2D eigenvalue weighted by Crippen LogP contribution is -2.36. The van der Waals surface area contributed by atoms with Crippen molar-refractivity contribution in [1.82, 2.24) is 4.90 Å². The third kappa shape index (κ3) is 3.40. The molecule has 114 valence electrons. The molecule has 0 saturated heterocycles. The first-order valence-electron chi connectivity index (χ1n) is 6.95. The molecule has 3 rings (SSSR count). The molecule has 1 aliphatic heterocycles. The Kier molecular flexibility index (Phi) is 3.96. The van der Waals surface area contributed by atoms with Gasteiger partial charge in [0.05, 0.1) is 0 Å². The smallest absolute Gasteiger partial charge is 0.242 e. The maximum atomic E-state index is 12.1. The molecule has 1 amide bonds. The summed E-state index contributed by atoms with van der Waals surface area (Å²) in [6.07, 6.45) is 2.85. The van der Waals surface area contributed by atoms with Crippen LogP contribution >= 0.6 is 15.9 Å². The average molecular weight is 373 g/mol. The SMILES string of the molecule is O=C(C1CC1)N1CCc2ccc(NS(=O)(=O)CBr)cc2C1. The number of carbonyl (C=O) groups excluding carboxylic acids is 1. The van der Waals surface area contributed by atoms with Crippen LogP contribution in [0.5, 0.6) is 0 Å². The van der Waals surface area contributed by atoms with E-state index in [9.17, 15) is 13.2 Å². The van der Waals surface area contributed by atoms with Crippen molar-refractivity contribution < 1.29 is 13.2 Å². The standard InChI is InChI=1S/C14H17BrN2O3S/c15-9-21(19,20)16-13-4-3-10-5-6-17(8-12(10)7-13)14(18)11-1-2-11/h3-4,7,11,16H,1-2,5-6,8-9H2. The van der Waals surface area contributed by atoms with Gasteiger partial charge in [0, 0.05) is 24.7 Å². The van der Waals surface area contributed by atoms with E-state index in [1.165, 1.54) is 5.56 Å². The van der Waals surface area contributed by atoms with Gasteiger partial charge in [-0.1, -0.05) is 22.0 Å². The van der Waals surface area contributed by atoms with E-state index < -0.39 is 10.0 Å². The van der Waals surface area contributed by atoms with Crippen molar-refractivity contribution >= 4 is 37.5 Å². The van der Waals surface area contributed by atoms with Crippen molar-refractivity contribution in [2.45, 2.75) is 25.8 Å². The maximum absolute atomic E-state index is 12.1. The quantitative estimate of drug-likeness (QED) is 0.822. The van der Waals surface area contributed by atoms with Gasteiger partial charge in [0.2, 0.25) is 15.9 Å². The molecule has 0 spiro atoms. The van der Waals surface area contributed by atoms with E-state index in [-0.39, 0.29) is 16.5 Å². The van der Waals surface area contributed by atoms with Gasteiger partial charge in [0.1, 0.15) is 4.66 Å². The summed E-state index contributed by atoms with van der Waals surface area (Å²) in [5.41, 5.74) is 2.77. The van der Waals surface area contributed by atoms with Gasteiger partial charge in [0.25, 0.3) is 0 Å². The van der Waals surface area contributed by atoms with Crippen LogP contribution in [0, 0.1) is 5.92 Å². The van der Waals surface area contributed by atoms with Gasteiger partial charge in [-0.05, 0) is 42.5 Å². The molecule has 1 saturated carbocycles. The van der Waals surface area contributed by atoms with Crippen LogP contribution in [0.25, 0.3) is 0 Å². The molecule has 0 unspecified atom stereocenters. The van der Waals surface area contributed by atoms with Gasteiger partial charge < -0.3 is 4.90 Å². The van der Waals surface area contributed by atoms with Crippen LogP contribution in [-0.2, 0) is 27.8 Å². The summed E-state index contributed by atoms with van der Waals surface area (Å²) in [4.78, 5) is 14.0. The molecule has 5 nitrogen and oxygen atoms in total. The molecule has 1 heterocycles. The second-order valence-electron chi connectivity index (χ2n) is 5.59. The van der Waals surface area contributed by atoms with Gasteiger partial charge in [-0.3, -0.25) is 9.52 Å². The molecule has 7 heteroatoms. The number of anilines is 1. The molecular formula is C14H17BrN2O3S. The van der Waals surface area contributed by atoms with Crippen molar-refractivity contribution in [2.24, 2.45) is 5.92 Å². The summed E-state index contributed by atoms with van der Waals surface area (Å²) >= 11 is 2.95. The number of alkyl halides is 1. The molecule has 2 aliphatic rings. The second kappa shape index (κ2) is 5.61. The predicted molar refractivity (Wildman–Crippen MR) is 84.6 cm³/mol. The third-order valence-corrected chi connectivity index (χ3v) is 6.52. The number of hydrogen-bond donors (Lipinski definition) is 1. The monoisotopic (exact) mass is 372 g/mol. The summed E-state index contributed by atoms with van der Waals surface area (Å²) in [6, 6.07) is 5.56. The zero-order valence-corrected chi connectivity index (χ0v) is 13.9. The van der Waals surface area contributed by atoms with Crippen molar-refractivity contribution in [3.05, 3.63) is 29.3 Å². The van der Waals surface area contributed by atoms with E-state index in [1.54, 1.807) is 6.07 Å². The Labute approximate surface area is 132 Å². The second-order valence-corrected chi connectivity index (χ2v) is 8.62. The van der Waals surface area contributed by atoms with Gasteiger partial charge >= 0.3 is 0 Å². The Morgan fingerprint density at radius 2 is 2.10 bits per heavy atom. The molecule has 1 aromatic rings. The Hall–Kier alpha value is -1.08. The minimum absolute atomic E-state index is 0.136. The van der Waals surface area contributed by atoms with Crippen molar-refractivity contribution in [1.29, 1.82) is 0 Å². The largest absolute Gasteiger partial charge is 0.338 e. The molecule has 1 aromatic carbocycles.